The van der Waals surface area contributed by atoms with Gasteiger partial charge >= 0.3 is 0 Å². The van der Waals surface area contributed by atoms with Crippen molar-refractivity contribution < 1.29 is 14.4 Å². The molecule has 0 unspecified atom stereocenters. The molecule has 0 aromatic heterocycles. The topological polar surface area (TPSA) is 78.5 Å². The van der Waals surface area contributed by atoms with Crippen LogP contribution in [0.25, 0.3) is 10.8 Å². The molecule has 33 heavy (non-hydrogen) atoms. The van der Waals surface area contributed by atoms with E-state index in [0.29, 0.717) is 17.7 Å². The van der Waals surface area contributed by atoms with Crippen LogP contribution in [0.3, 0.4) is 0 Å². The summed E-state index contributed by atoms with van der Waals surface area (Å²) in [6.45, 7) is 2.22. The van der Waals surface area contributed by atoms with Gasteiger partial charge in [0.25, 0.3) is 11.8 Å². The molecule has 0 spiro atoms. The summed E-state index contributed by atoms with van der Waals surface area (Å²) in [7, 11) is 0. The van der Waals surface area contributed by atoms with Crippen molar-refractivity contribution in [2.24, 2.45) is 0 Å². The van der Waals surface area contributed by atoms with Crippen LogP contribution in [0.15, 0.2) is 66.7 Å². The molecule has 2 N–H and O–H groups in total. The number of rotatable bonds is 7. The number of amides is 3. The van der Waals surface area contributed by atoms with Crippen molar-refractivity contribution in [1.29, 1.82) is 0 Å². The molecule has 6 nitrogen and oxygen atoms in total. The predicted octanol–water partition coefficient (Wildman–Crippen LogP) is 3.90. The van der Waals surface area contributed by atoms with E-state index in [0.717, 1.165) is 42.3 Å². The Morgan fingerprint density at radius 3 is 2.36 bits per heavy atom. The molecule has 4 rings (SSSR count). The Morgan fingerprint density at radius 2 is 1.55 bits per heavy atom. The zero-order chi connectivity index (χ0) is 23.0. The summed E-state index contributed by atoms with van der Waals surface area (Å²) in [6, 6.07) is 20.8. The van der Waals surface area contributed by atoms with E-state index in [9.17, 15) is 14.4 Å². The Bertz CT molecular complexity index is 1150. The number of hydrogen-bond acceptors (Lipinski definition) is 3. The van der Waals surface area contributed by atoms with Gasteiger partial charge < -0.3 is 15.5 Å². The van der Waals surface area contributed by atoms with Gasteiger partial charge in [-0.3, -0.25) is 14.4 Å². The minimum atomic E-state index is -0.197. The molecule has 0 radical (unpaired) electrons. The van der Waals surface area contributed by atoms with Crippen LogP contribution in [0.2, 0.25) is 0 Å². The molecule has 1 fully saturated rings. The second kappa shape index (κ2) is 10.8. The fourth-order valence-electron chi connectivity index (χ4n) is 4.11. The van der Waals surface area contributed by atoms with Crippen LogP contribution in [0.5, 0.6) is 0 Å². The molecule has 0 aliphatic carbocycles. The van der Waals surface area contributed by atoms with Crippen LogP contribution in [0.4, 0.5) is 0 Å². The third-order valence-electron chi connectivity index (χ3n) is 5.96. The Labute approximate surface area is 194 Å². The lowest BCUT2D eigenvalue weighted by Gasteiger charge is -2.26. The maximum absolute atomic E-state index is 12.7. The Balaban J connectivity index is 1.23. The molecule has 0 saturated carbocycles. The molecular weight excluding hydrogens is 414 g/mol. The molecule has 1 aliphatic heterocycles. The number of benzene rings is 3. The maximum Gasteiger partial charge on any atom is 0.253 e. The van der Waals surface area contributed by atoms with Gasteiger partial charge in [-0.1, -0.05) is 42.5 Å². The largest absolute Gasteiger partial charge is 0.352 e. The highest BCUT2D eigenvalue weighted by atomic mass is 16.2. The highest BCUT2D eigenvalue weighted by Crippen LogP contribution is 2.16. The molecule has 0 bridgehead atoms. The Kier molecular flexibility index (Phi) is 7.35. The first kappa shape index (κ1) is 22.5. The number of nitrogens with one attached hydrogen (secondary N) is 2. The average Bonchev–Trinajstić information content (AvgIpc) is 2.87. The van der Waals surface area contributed by atoms with Crippen molar-refractivity contribution in [1.82, 2.24) is 15.5 Å². The lowest BCUT2D eigenvalue weighted by Crippen LogP contribution is -2.35. The molecule has 6 heteroatoms. The van der Waals surface area contributed by atoms with Gasteiger partial charge in [0.1, 0.15) is 0 Å². The van der Waals surface area contributed by atoms with E-state index >= 15 is 0 Å². The lowest BCUT2D eigenvalue weighted by atomic mass is 10.1. The molecular formula is C27H29N3O3. The number of hydrogen-bond donors (Lipinski definition) is 2. The Morgan fingerprint density at radius 1 is 0.758 bits per heavy atom. The minimum absolute atomic E-state index is 0.0549. The molecule has 3 aromatic carbocycles. The fourth-order valence-corrected chi connectivity index (χ4v) is 4.11. The average molecular weight is 444 g/mol. The SMILES string of the molecule is O=C(CCNC(=O)c1ccc2ccccc2c1)NCc1cccc(C(=O)N2CCCCC2)c1. The van der Waals surface area contributed by atoms with Gasteiger partial charge in [-0.2, -0.15) is 0 Å². The molecule has 3 aromatic rings. The van der Waals surface area contributed by atoms with Gasteiger partial charge in [-0.15, -0.1) is 0 Å². The number of likely N-dealkylation sites (tertiary alicyclic amines) is 1. The molecule has 170 valence electrons. The van der Waals surface area contributed by atoms with Crippen LogP contribution in [0.1, 0.15) is 52.0 Å². The van der Waals surface area contributed by atoms with Crippen molar-refractivity contribution >= 4 is 28.5 Å². The standard InChI is InChI=1S/C27H29N3O3/c31-25(13-14-28-26(32)23-12-11-21-8-2-3-9-22(21)18-23)29-19-20-7-6-10-24(17-20)27(33)30-15-4-1-5-16-30/h2-3,6-12,17-18H,1,4-5,13-16,19H2,(H,28,32)(H,29,31). The number of carbonyl (C=O) groups is 3. The Hall–Kier alpha value is -3.67. The molecule has 1 heterocycles. The first-order chi connectivity index (χ1) is 16.1. The van der Waals surface area contributed by atoms with Crippen molar-refractivity contribution in [3.05, 3.63) is 83.4 Å². The van der Waals surface area contributed by atoms with Crippen LogP contribution < -0.4 is 10.6 Å². The third-order valence-corrected chi connectivity index (χ3v) is 5.96. The number of piperidine rings is 1. The molecule has 3 amide bonds. The minimum Gasteiger partial charge on any atom is -0.352 e. The summed E-state index contributed by atoms with van der Waals surface area (Å²) in [5.74, 6) is -0.293. The summed E-state index contributed by atoms with van der Waals surface area (Å²) in [6.07, 6.45) is 3.47. The van der Waals surface area contributed by atoms with E-state index in [4.69, 9.17) is 0 Å². The second-order valence-corrected chi connectivity index (χ2v) is 8.40. The van der Waals surface area contributed by atoms with Crippen LogP contribution >= 0.6 is 0 Å². The van der Waals surface area contributed by atoms with Gasteiger partial charge in [0, 0.05) is 43.7 Å². The van der Waals surface area contributed by atoms with Gasteiger partial charge in [-0.05, 0) is 59.9 Å². The van der Waals surface area contributed by atoms with E-state index in [1.165, 1.54) is 6.42 Å². The van der Waals surface area contributed by atoms with E-state index < -0.39 is 0 Å². The first-order valence-electron chi connectivity index (χ1n) is 11.5. The van der Waals surface area contributed by atoms with E-state index in [-0.39, 0.29) is 30.7 Å². The van der Waals surface area contributed by atoms with E-state index in [1.54, 1.807) is 6.07 Å². The summed E-state index contributed by atoms with van der Waals surface area (Å²) in [4.78, 5) is 39.2. The monoisotopic (exact) mass is 443 g/mol. The highest BCUT2D eigenvalue weighted by molar-refractivity contribution is 5.98. The van der Waals surface area contributed by atoms with Crippen molar-refractivity contribution in [2.75, 3.05) is 19.6 Å². The zero-order valence-electron chi connectivity index (χ0n) is 18.7. The summed E-state index contributed by atoms with van der Waals surface area (Å²) in [5.41, 5.74) is 2.11. The fraction of sp³-hybridized carbons (Fsp3) is 0.296. The zero-order valence-corrected chi connectivity index (χ0v) is 18.7. The lowest BCUT2D eigenvalue weighted by molar-refractivity contribution is -0.121. The maximum atomic E-state index is 12.7. The van der Waals surface area contributed by atoms with Gasteiger partial charge in [-0.25, -0.2) is 0 Å². The van der Waals surface area contributed by atoms with Crippen LogP contribution in [-0.4, -0.2) is 42.3 Å². The predicted molar refractivity (Wildman–Crippen MR) is 129 cm³/mol. The number of fused-ring (bicyclic) bond motifs is 1. The van der Waals surface area contributed by atoms with E-state index in [2.05, 4.69) is 10.6 Å². The smallest absolute Gasteiger partial charge is 0.253 e. The number of carbonyl (C=O) groups excluding carboxylic acids is 3. The quantitative estimate of drug-likeness (QED) is 0.581. The summed E-state index contributed by atoms with van der Waals surface area (Å²) in [5, 5.41) is 7.75. The first-order valence-corrected chi connectivity index (χ1v) is 11.5. The molecule has 0 atom stereocenters. The summed E-state index contributed by atoms with van der Waals surface area (Å²) >= 11 is 0. The van der Waals surface area contributed by atoms with Gasteiger partial charge in [0.15, 0.2) is 0 Å². The second-order valence-electron chi connectivity index (χ2n) is 8.40. The molecule has 1 aliphatic rings. The molecule has 1 saturated heterocycles. The van der Waals surface area contributed by atoms with Crippen LogP contribution in [0, 0.1) is 0 Å². The normalized spacial score (nSPS) is 13.5. The van der Waals surface area contributed by atoms with Gasteiger partial charge in [0.05, 0.1) is 0 Å². The summed E-state index contributed by atoms with van der Waals surface area (Å²) < 4.78 is 0. The number of nitrogens with zero attached hydrogens (tertiary/aromatic N) is 1. The van der Waals surface area contributed by atoms with E-state index in [1.807, 2.05) is 65.6 Å². The van der Waals surface area contributed by atoms with Crippen LogP contribution in [-0.2, 0) is 11.3 Å². The van der Waals surface area contributed by atoms with Crippen molar-refractivity contribution in [3.8, 4) is 0 Å². The van der Waals surface area contributed by atoms with Crippen molar-refractivity contribution in [3.63, 3.8) is 0 Å². The van der Waals surface area contributed by atoms with Crippen molar-refractivity contribution in [2.45, 2.75) is 32.2 Å². The third kappa shape index (κ3) is 5.98. The van der Waals surface area contributed by atoms with Gasteiger partial charge in [0.2, 0.25) is 5.91 Å². The highest BCUT2D eigenvalue weighted by Gasteiger charge is 2.18.